The van der Waals surface area contributed by atoms with Crippen molar-refractivity contribution in [1.29, 1.82) is 0 Å². The Bertz CT molecular complexity index is 636. The maximum absolute atomic E-state index is 13.1. The molecule has 20 heavy (non-hydrogen) atoms. The van der Waals surface area contributed by atoms with Gasteiger partial charge < -0.3 is 10.5 Å². The van der Waals surface area contributed by atoms with Crippen LogP contribution in [0.2, 0.25) is 0 Å². The quantitative estimate of drug-likeness (QED) is 0.622. The number of nitro benzene ring substituents is 1. The van der Waals surface area contributed by atoms with Gasteiger partial charge in [-0.15, -0.1) is 0 Å². The van der Waals surface area contributed by atoms with Crippen LogP contribution in [0.3, 0.4) is 0 Å². The van der Waals surface area contributed by atoms with E-state index < -0.39 is 37.5 Å². The monoisotopic (exact) mass is 305 g/mol. The van der Waals surface area contributed by atoms with Crippen LogP contribution in [0, 0.1) is 15.9 Å². The van der Waals surface area contributed by atoms with E-state index in [2.05, 4.69) is 0 Å². The fourth-order valence-electron chi connectivity index (χ4n) is 1.88. The summed E-state index contributed by atoms with van der Waals surface area (Å²) in [5.74, 6) is -0.887. The minimum atomic E-state index is -4.18. The lowest BCUT2D eigenvalue weighted by molar-refractivity contribution is -0.388. The van der Waals surface area contributed by atoms with Crippen molar-refractivity contribution in [3.63, 3.8) is 0 Å². The lowest BCUT2D eigenvalue weighted by Crippen LogP contribution is -2.53. The summed E-state index contributed by atoms with van der Waals surface area (Å²) in [4.78, 5) is 9.36. The minimum absolute atomic E-state index is 0.00573. The molecule has 1 heterocycles. The van der Waals surface area contributed by atoms with E-state index in [4.69, 9.17) is 10.5 Å². The molecular formula is C10H12FN3O5S. The zero-order chi connectivity index (χ0) is 14.9. The average Bonchev–Trinajstić information content (AvgIpc) is 2.38. The van der Waals surface area contributed by atoms with Gasteiger partial charge in [0.2, 0.25) is 0 Å². The molecule has 0 saturated carbocycles. The van der Waals surface area contributed by atoms with Crippen LogP contribution in [0.4, 0.5) is 10.1 Å². The molecule has 10 heteroatoms. The van der Waals surface area contributed by atoms with Crippen molar-refractivity contribution in [2.45, 2.75) is 11.1 Å². The third-order valence-electron chi connectivity index (χ3n) is 2.82. The molecule has 1 aliphatic heterocycles. The Kier molecular flexibility index (Phi) is 3.99. The van der Waals surface area contributed by atoms with Crippen LogP contribution < -0.4 is 5.73 Å². The molecule has 2 N–H and O–H groups in total. The molecule has 0 radical (unpaired) electrons. The van der Waals surface area contributed by atoms with Gasteiger partial charge >= 0.3 is 0 Å². The maximum Gasteiger partial charge on any atom is 0.292 e. The van der Waals surface area contributed by atoms with Crippen LogP contribution in [0.5, 0.6) is 0 Å². The third-order valence-corrected chi connectivity index (χ3v) is 4.79. The highest BCUT2D eigenvalue weighted by atomic mass is 32.2. The molecule has 8 nitrogen and oxygen atoms in total. The summed E-state index contributed by atoms with van der Waals surface area (Å²) >= 11 is 0. The van der Waals surface area contributed by atoms with Gasteiger partial charge in [-0.1, -0.05) is 0 Å². The van der Waals surface area contributed by atoms with Crippen LogP contribution in [0.25, 0.3) is 0 Å². The lowest BCUT2D eigenvalue weighted by Gasteiger charge is -2.31. The highest BCUT2D eigenvalue weighted by Crippen LogP contribution is 2.28. The Labute approximate surface area is 114 Å². The number of nitrogens with zero attached hydrogens (tertiary/aromatic N) is 2. The predicted molar refractivity (Wildman–Crippen MR) is 65.7 cm³/mol. The first-order chi connectivity index (χ1) is 9.34. The number of hydrogen-bond acceptors (Lipinski definition) is 6. The number of hydrogen-bond donors (Lipinski definition) is 1. The molecule has 1 aliphatic rings. The summed E-state index contributed by atoms with van der Waals surface area (Å²) in [7, 11) is -4.18. The Morgan fingerprint density at radius 3 is 2.80 bits per heavy atom. The molecule has 0 bridgehead atoms. The molecule has 1 fully saturated rings. The number of benzene rings is 1. The van der Waals surface area contributed by atoms with Crippen molar-refractivity contribution in [1.82, 2.24) is 4.31 Å². The topological polar surface area (TPSA) is 116 Å². The second kappa shape index (κ2) is 5.40. The molecule has 0 amide bonds. The molecule has 1 unspecified atom stereocenters. The van der Waals surface area contributed by atoms with Crippen molar-refractivity contribution in [2.75, 3.05) is 19.8 Å². The molecular weight excluding hydrogens is 293 g/mol. The summed E-state index contributed by atoms with van der Waals surface area (Å²) < 4.78 is 43.8. The SMILES string of the molecule is NC1COCCN1S(=O)(=O)c1ccc(F)cc1[N+](=O)[O-]. The highest BCUT2D eigenvalue weighted by Gasteiger charge is 2.36. The van der Waals surface area contributed by atoms with Crippen molar-refractivity contribution in [3.8, 4) is 0 Å². The number of sulfonamides is 1. The van der Waals surface area contributed by atoms with E-state index in [0.29, 0.717) is 6.07 Å². The average molecular weight is 305 g/mol. The third kappa shape index (κ3) is 2.63. The second-order valence-corrected chi connectivity index (χ2v) is 5.99. The number of nitro groups is 1. The number of rotatable bonds is 3. The number of ether oxygens (including phenoxy) is 1. The van der Waals surface area contributed by atoms with Crippen molar-refractivity contribution < 1.29 is 22.5 Å². The first-order valence-electron chi connectivity index (χ1n) is 5.63. The Morgan fingerprint density at radius 2 is 2.20 bits per heavy atom. The van der Waals surface area contributed by atoms with Crippen LogP contribution in [0.15, 0.2) is 23.1 Å². The van der Waals surface area contributed by atoms with E-state index >= 15 is 0 Å². The molecule has 0 aromatic heterocycles. The Balaban J connectivity index is 2.51. The van der Waals surface area contributed by atoms with E-state index in [-0.39, 0.29) is 19.8 Å². The number of nitrogens with two attached hydrogens (primary N) is 1. The summed E-state index contributed by atoms with van der Waals surface area (Å²) in [5.41, 5.74) is 4.82. The Morgan fingerprint density at radius 1 is 1.50 bits per heavy atom. The minimum Gasteiger partial charge on any atom is -0.377 e. The lowest BCUT2D eigenvalue weighted by atomic mass is 10.3. The second-order valence-electron chi connectivity index (χ2n) is 4.13. The fraction of sp³-hybridized carbons (Fsp3) is 0.400. The smallest absolute Gasteiger partial charge is 0.292 e. The van der Waals surface area contributed by atoms with E-state index in [0.717, 1.165) is 16.4 Å². The molecule has 1 atom stereocenters. The van der Waals surface area contributed by atoms with Gasteiger partial charge in [0.05, 0.1) is 30.4 Å². The Hall–Kier alpha value is -1.62. The number of morpholine rings is 1. The fourth-order valence-corrected chi connectivity index (χ4v) is 3.51. The molecule has 1 aromatic carbocycles. The van der Waals surface area contributed by atoms with Crippen LogP contribution in [-0.4, -0.2) is 43.6 Å². The summed E-state index contributed by atoms with van der Waals surface area (Å²) in [5, 5.41) is 10.9. The molecule has 110 valence electrons. The predicted octanol–water partition coefficient (Wildman–Crippen LogP) is 0.0396. The molecule has 1 aromatic rings. The standard InChI is InChI=1S/C10H12FN3O5S/c11-7-1-2-9(8(5-7)14(15)16)20(17,18)13-3-4-19-6-10(13)12/h1-2,5,10H,3-4,6,12H2. The zero-order valence-corrected chi connectivity index (χ0v) is 11.0. The van der Waals surface area contributed by atoms with Crippen molar-refractivity contribution in [2.24, 2.45) is 5.73 Å². The van der Waals surface area contributed by atoms with Gasteiger partial charge in [-0.2, -0.15) is 4.31 Å². The normalized spacial score (nSPS) is 20.8. The maximum atomic E-state index is 13.1. The first-order valence-corrected chi connectivity index (χ1v) is 7.07. The van der Waals surface area contributed by atoms with E-state index in [1.165, 1.54) is 0 Å². The molecule has 2 rings (SSSR count). The van der Waals surface area contributed by atoms with Crippen molar-refractivity contribution >= 4 is 15.7 Å². The van der Waals surface area contributed by atoms with Gasteiger partial charge in [-0.25, -0.2) is 12.8 Å². The zero-order valence-electron chi connectivity index (χ0n) is 10.2. The summed E-state index contributed by atoms with van der Waals surface area (Å²) in [6.45, 7) is 0.119. The van der Waals surface area contributed by atoms with E-state index in [1.54, 1.807) is 0 Å². The summed E-state index contributed by atoms with van der Waals surface area (Å²) in [6.07, 6.45) is -0.932. The highest BCUT2D eigenvalue weighted by molar-refractivity contribution is 7.89. The largest absolute Gasteiger partial charge is 0.377 e. The van der Waals surface area contributed by atoms with Crippen LogP contribution >= 0.6 is 0 Å². The van der Waals surface area contributed by atoms with Gasteiger partial charge in [-0.05, 0) is 12.1 Å². The molecule has 0 spiro atoms. The van der Waals surface area contributed by atoms with Gasteiger partial charge in [0.15, 0.2) is 4.90 Å². The van der Waals surface area contributed by atoms with Crippen LogP contribution in [-0.2, 0) is 14.8 Å². The van der Waals surface area contributed by atoms with Gasteiger partial charge in [0.25, 0.3) is 15.7 Å². The van der Waals surface area contributed by atoms with Gasteiger partial charge in [0.1, 0.15) is 5.82 Å². The van der Waals surface area contributed by atoms with E-state index in [1.807, 2.05) is 0 Å². The number of halogens is 1. The van der Waals surface area contributed by atoms with Crippen LogP contribution in [0.1, 0.15) is 0 Å². The summed E-state index contributed by atoms with van der Waals surface area (Å²) in [6, 6.07) is 2.29. The van der Waals surface area contributed by atoms with Gasteiger partial charge in [0, 0.05) is 6.54 Å². The molecule has 1 saturated heterocycles. The van der Waals surface area contributed by atoms with Gasteiger partial charge in [-0.3, -0.25) is 10.1 Å². The van der Waals surface area contributed by atoms with Crippen molar-refractivity contribution in [3.05, 3.63) is 34.1 Å². The molecule has 0 aliphatic carbocycles. The van der Waals surface area contributed by atoms with E-state index in [9.17, 15) is 22.9 Å². The first kappa shape index (κ1) is 14.8.